The molecule has 0 aliphatic carbocycles. The van der Waals surface area contributed by atoms with Crippen LogP contribution in [0.15, 0.2) is 0 Å². The van der Waals surface area contributed by atoms with Gasteiger partial charge in [0.15, 0.2) is 0 Å². The maximum absolute atomic E-state index is 5.11. The van der Waals surface area contributed by atoms with Crippen LogP contribution in [-0.4, -0.2) is 4.86 Å². The Morgan fingerprint density at radius 1 is 1.33 bits per heavy atom. The molecule has 0 aliphatic heterocycles. The smallest absolute Gasteiger partial charge is 0.00198 e. The van der Waals surface area contributed by atoms with Crippen LogP contribution in [0.3, 0.4) is 0 Å². The molecule has 0 aromatic heterocycles. The van der Waals surface area contributed by atoms with Crippen LogP contribution in [0.5, 0.6) is 0 Å². The number of thiocarbonyl (C=S) groups is 1. The van der Waals surface area contributed by atoms with Crippen LogP contribution in [0.1, 0.15) is 34.6 Å². The Hall–Kier alpha value is 0.0900. The fourth-order valence-corrected chi connectivity index (χ4v) is 0.642. The lowest BCUT2D eigenvalue weighted by Crippen LogP contribution is -2.25. The maximum Gasteiger partial charge on any atom is -0.00198 e. The zero-order valence-electron chi connectivity index (χ0n) is 6.99. The molecule has 0 saturated heterocycles. The molecule has 0 N–H and O–H groups in total. The van der Waals surface area contributed by atoms with Crippen molar-refractivity contribution >= 4 is 17.1 Å². The van der Waals surface area contributed by atoms with Crippen molar-refractivity contribution in [2.45, 2.75) is 34.6 Å². The molecular formula is C8H16S. The Morgan fingerprint density at radius 3 is 1.67 bits per heavy atom. The zero-order chi connectivity index (χ0) is 7.65. The normalized spacial score (nSPS) is 12.2. The highest BCUT2D eigenvalue weighted by atomic mass is 32.1. The predicted molar refractivity (Wildman–Crippen MR) is 46.9 cm³/mol. The van der Waals surface area contributed by atoms with E-state index in [1.54, 1.807) is 0 Å². The summed E-state index contributed by atoms with van der Waals surface area (Å²) in [6, 6.07) is 0. The Kier molecular flexibility index (Phi) is 2.81. The largest absolute Gasteiger partial charge is 0.0894 e. The van der Waals surface area contributed by atoms with E-state index >= 15 is 0 Å². The second-order valence-corrected chi connectivity index (χ2v) is 4.04. The molecule has 0 heterocycles. The molecule has 0 rings (SSSR count). The van der Waals surface area contributed by atoms with Crippen LogP contribution >= 0.6 is 12.2 Å². The van der Waals surface area contributed by atoms with E-state index in [9.17, 15) is 0 Å². The predicted octanol–water partition coefficient (Wildman–Crippen LogP) is 3.06. The molecule has 9 heavy (non-hydrogen) atoms. The Balaban J connectivity index is 4.19. The van der Waals surface area contributed by atoms with E-state index in [4.69, 9.17) is 12.2 Å². The van der Waals surface area contributed by atoms with E-state index in [1.165, 1.54) is 0 Å². The minimum absolute atomic E-state index is 0.231. The molecule has 0 bridgehead atoms. The van der Waals surface area contributed by atoms with Crippen molar-refractivity contribution in [3.8, 4) is 0 Å². The molecule has 0 atom stereocenters. The molecule has 0 saturated carbocycles. The maximum atomic E-state index is 5.11. The van der Waals surface area contributed by atoms with Crippen molar-refractivity contribution in [3.63, 3.8) is 0 Å². The second-order valence-electron chi connectivity index (χ2n) is 3.43. The summed E-state index contributed by atoms with van der Waals surface area (Å²) in [6.45, 7) is 10.8. The molecular weight excluding hydrogens is 128 g/mol. The van der Waals surface area contributed by atoms with Gasteiger partial charge in [-0.25, -0.2) is 0 Å². The average Bonchev–Trinajstić information content (AvgIpc) is 1.65. The second kappa shape index (κ2) is 2.78. The van der Waals surface area contributed by atoms with Gasteiger partial charge in [0, 0.05) is 0 Å². The summed E-state index contributed by atoms with van der Waals surface area (Å²) in [5.74, 6) is 0.648. The van der Waals surface area contributed by atoms with Crippen LogP contribution in [-0.2, 0) is 0 Å². The van der Waals surface area contributed by atoms with Gasteiger partial charge in [0.2, 0.25) is 0 Å². The third kappa shape index (κ3) is 2.05. The standard InChI is InChI=1S/C8H16S/c1-6(2)8(4,5)7(3)9/h6H,1-5H3. The Labute approximate surface area is 63.7 Å². The van der Waals surface area contributed by atoms with Crippen molar-refractivity contribution in [2.24, 2.45) is 11.3 Å². The molecule has 0 aliphatic rings. The first-order chi connectivity index (χ1) is 3.89. The molecule has 0 radical (unpaired) electrons. The molecule has 0 fully saturated rings. The quantitative estimate of drug-likeness (QED) is 0.537. The molecule has 0 aromatic carbocycles. The summed E-state index contributed by atoms with van der Waals surface area (Å²) in [5, 5.41) is 0. The van der Waals surface area contributed by atoms with Gasteiger partial charge >= 0.3 is 0 Å². The lowest BCUT2D eigenvalue weighted by atomic mass is 9.79. The summed E-state index contributed by atoms with van der Waals surface area (Å²) >= 11 is 5.11. The van der Waals surface area contributed by atoms with Gasteiger partial charge in [0.05, 0.1) is 0 Å². The topological polar surface area (TPSA) is 0 Å². The van der Waals surface area contributed by atoms with Gasteiger partial charge in [0.1, 0.15) is 0 Å². The van der Waals surface area contributed by atoms with Crippen molar-refractivity contribution in [1.29, 1.82) is 0 Å². The van der Waals surface area contributed by atoms with Gasteiger partial charge in [-0.3, -0.25) is 0 Å². The molecule has 1 heteroatoms. The highest BCUT2D eigenvalue weighted by Gasteiger charge is 2.23. The average molecular weight is 144 g/mol. The highest BCUT2D eigenvalue weighted by Crippen LogP contribution is 2.27. The van der Waals surface area contributed by atoms with Crippen LogP contribution < -0.4 is 0 Å². The monoisotopic (exact) mass is 144 g/mol. The van der Waals surface area contributed by atoms with Crippen LogP contribution in [0.2, 0.25) is 0 Å². The van der Waals surface area contributed by atoms with Gasteiger partial charge in [-0.1, -0.05) is 39.9 Å². The Bertz CT molecular complexity index is 112. The first kappa shape index (κ1) is 9.09. The van der Waals surface area contributed by atoms with Crippen molar-refractivity contribution < 1.29 is 0 Å². The van der Waals surface area contributed by atoms with E-state index in [0.29, 0.717) is 5.92 Å². The highest BCUT2D eigenvalue weighted by molar-refractivity contribution is 7.80. The molecule has 54 valence electrons. The van der Waals surface area contributed by atoms with Crippen molar-refractivity contribution in [2.75, 3.05) is 0 Å². The minimum Gasteiger partial charge on any atom is -0.0894 e. The first-order valence-corrected chi connectivity index (χ1v) is 3.81. The summed E-state index contributed by atoms with van der Waals surface area (Å²) < 4.78 is 0. The van der Waals surface area contributed by atoms with E-state index in [1.807, 2.05) is 6.92 Å². The summed E-state index contributed by atoms with van der Waals surface area (Å²) in [6.07, 6.45) is 0. The van der Waals surface area contributed by atoms with Gasteiger partial charge in [-0.15, -0.1) is 0 Å². The number of hydrogen-bond donors (Lipinski definition) is 0. The lowest BCUT2D eigenvalue weighted by molar-refractivity contribution is 0.368. The fraction of sp³-hybridized carbons (Fsp3) is 0.875. The first-order valence-electron chi connectivity index (χ1n) is 3.40. The van der Waals surface area contributed by atoms with E-state index in [2.05, 4.69) is 27.7 Å². The molecule has 0 spiro atoms. The number of hydrogen-bond acceptors (Lipinski definition) is 1. The van der Waals surface area contributed by atoms with Crippen LogP contribution in [0.4, 0.5) is 0 Å². The SMILES string of the molecule is CC(=S)C(C)(C)C(C)C. The van der Waals surface area contributed by atoms with Crippen LogP contribution in [0, 0.1) is 11.3 Å². The molecule has 0 amide bonds. The van der Waals surface area contributed by atoms with E-state index < -0.39 is 0 Å². The Morgan fingerprint density at radius 2 is 1.67 bits per heavy atom. The van der Waals surface area contributed by atoms with E-state index in [0.717, 1.165) is 4.86 Å². The van der Waals surface area contributed by atoms with Crippen molar-refractivity contribution in [1.82, 2.24) is 0 Å². The number of rotatable bonds is 2. The summed E-state index contributed by atoms with van der Waals surface area (Å²) in [5.41, 5.74) is 0.231. The third-order valence-corrected chi connectivity index (χ3v) is 2.88. The zero-order valence-corrected chi connectivity index (χ0v) is 7.80. The molecule has 0 unspecified atom stereocenters. The van der Waals surface area contributed by atoms with Crippen molar-refractivity contribution in [3.05, 3.63) is 0 Å². The van der Waals surface area contributed by atoms with Crippen LogP contribution in [0.25, 0.3) is 0 Å². The van der Waals surface area contributed by atoms with Gasteiger partial charge in [-0.05, 0) is 23.1 Å². The molecule has 0 aromatic rings. The third-order valence-electron chi connectivity index (χ3n) is 2.35. The van der Waals surface area contributed by atoms with Gasteiger partial charge < -0.3 is 0 Å². The lowest BCUT2D eigenvalue weighted by Gasteiger charge is -2.28. The van der Waals surface area contributed by atoms with E-state index in [-0.39, 0.29) is 5.41 Å². The minimum atomic E-state index is 0.231. The van der Waals surface area contributed by atoms with Gasteiger partial charge in [-0.2, -0.15) is 0 Å². The van der Waals surface area contributed by atoms with Gasteiger partial charge in [0.25, 0.3) is 0 Å². The summed E-state index contributed by atoms with van der Waals surface area (Å²) in [7, 11) is 0. The fourth-order valence-electron chi connectivity index (χ4n) is 0.407. The summed E-state index contributed by atoms with van der Waals surface area (Å²) in [4.78, 5) is 1.11. The molecule has 0 nitrogen and oxygen atoms in total.